The van der Waals surface area contributed by atoms with Crippen molar-refractivity contribution in [2.75, 3.05) is 19.3 Å². The Kier molecular flexibility index (Phi) is 10.4. The summed E-state index contributed by atoms with van der Waals surface area (Å²) in [5, 5.41) is 5.24. The van der Waals surface area contributed by atoms with Gasteiger partial charge in [0.1, 0.15) is 0 Å². The number of sulfone groups is 1. The molecule has 0 bridgehead atoms. The van der Waals surface area contributed by atoms with Crippen LogP contribution in [-0.4, -0.2) is 62.6 Å². The van der Waals surface area contributed by atoms with Crippen molar-refractivity contribution in [3.05, 3.63) is 65.2 Å². The third kappa shape index (κ3) is 8.30. The normalized spacial score (nSPS) is 20.0. The number of halogens is 3. The first kappa shape index (κ1) is 31.6. The predicted molar refractivity (Wildman–Crippen MR) is 148 cm³/mol. The number of nitrogens with zero attached hydrogens (tertiary/aromatic N) is 1. The molecule has 1 saturated carbocycles. The summed E-state index contributed by atoms with van der Waals surface area (Å²) in [5.74, 6) is -1.84. The number of aryl methyl sites for hydroxylation is 1. The quantitative estimate of drug-likeness (QED) is 0.432. The van der Waals surface area contributed by atoms with E-state index in [9.17, 15) is 31.2 Å². The summed E-state index contributed by atoms with van der Waals surface area (Å²) in [5.41, 5.74) is -0.133. The van der Waals surface area contributed by atoms with Crippen molar-refractivity contribution in [1.82, 2.24) is 15.5 Å². The van der Waals surface area contributed by atoms with Gasteiger partial charge in [-0.05, 0) is 88.4 Å². The summed E-state index contributed by atoms with van der Waals surface area (Å²) >= 11 is 0. The van der Waals surface area contributed by atoms with E-state index in [-0.39, 0.29) is 34.2 Å². The average molecular weight is 582 g/mol. The number of amides is 2. The smallest absolute Gasteiger partial charge is 0.352 e. The van der Waals surface area contributed by atoms with Crippen molar-refractivity contribution in [3.8, 4) is 0 Å². The molecule has 0 saturated heterocycles. The maximum absolute atomic E-state index is 13.3. The molecule has 3 unspecified atom stereocenters. The van der Waals surface area contributed by atoms with Gasteiger partial charge in [-0.25, -0.2) is 8.42 Å². The molecule has 0 radical (unpaired) electrons. The molecule has 1 fully saturated rings. The molecular weight excluding hydrogens is 543 g/mol. The number of carbonyl (C=O) groups is 2. The van der Waals surface area contributed by atoms with Crippen LogP contribution in [0.5, 0.6) is 0 Å². The zero-order chi connectivity index (χ0) is 29.7. The van der Waals surface area contributed by atoms with E-state index < -0.39 is 46.0 Å². The van der Waals surface area contributed by atoms with Gasteiger partial charge in [-0.1, -0.05) is 25.1 Å². The number of rotatable bonds is 10. The molecule has 220 valence electrons. The highest BCUT2D eigenvalue weighted by molar-refractivity contribution is 7.91. The van der Waals surface area contributed by atoms with Crippen LogP contribution in [0.15, 0.2) is 53.4 Å². The van der Waals surface area contributed by atoms with Crippen LogP contribution in [0.1, 0.15) is 61.5 Å². The summed E-state index contributed by atoms with van der Waals surface area (Å²) in [4.78, 5) is 27.6. The van der Waals surface area contributed by atoms with Crippen LogP contribution in [0.25, 0.3) is 0 Å². The number of hydrogen-bond donors (Lipinski definition) is 2. The summed E-state index contributed by atoms with van der Waals surface area (Å²) < 4.78 is 65.6. The fourth-order valence-corrected chi connectivity index (χ4v) is 6.75. The van der Waals surface area contributed by atoms with Gasteiger partial charge in [-0.2, -0.15) is 13.2 Å². The first-order chi connectivity index (χ1) is 18.7. The second-order valence-corrected chi connectivity index (χ2v) is 12.7. The van der Waals surface area contributed by atoms with Crippen molar-refractivity contribution in [2.24, 2.45) is 5.92 Å². The maximum Gasteiger partial charge on any atom is 0.416 e. The van der Waals surface area contributed by atoms with Gasteiger partial charge in [0.15, 0.2) is 9.84 Å². The molecule has 11 heteroatoms. The van der Waals surface area contributed by atoms with Crippen molar-refractivity contribution >= 4 is 21.7 Å². The Labute approximate surface area is 234 Å². The minimum Gasteiger partial charge on any atom is -0.352 e. The van der Waals surface area contributed by atoms with Crippen LogP contribution >= 0.6 is 0 Å². The second-order valence-electron chi connectivity index (χ2n) is 10.7. The zero-order valence-corrected chi connectivity index (χ0v) is 24.1. The SMILES string of the molecule is CCc1ccc(S(=O)(=O)CC2CC(N(C)C(C)C)CCC2NC(=O)CNC(=O)c2cccc(C(F)(F)F)c2)cc1. The highest BCUT2D eigenvalue weighted by atomic mass is 32.2. The standard InChI is InChI=1S/C29H38F3N3O4S/c1-5-20-9-12-25(13-10-20)40(38,39)18-22-16-24(35(4)19(2)3)11-14-26(22)34-27(36)17-33-28(37)21-7-6-8-23(15-21)29(30,31)32/h6-10,12-13,15,19,22,24,26H,5,11,14,16-18H2,1-4H3,(H,33,37)(H,34,36). The van der Waals surface area contributed by atoms with Gasteiger partial charge in [0, 0.05) is 23.7 Å². The van der Waals surface area contributed by atoms with Gasteiger partial charge in [0.2, 0.25) is 5.91 Å². The van der Waals surface area contributed by atoms with E-state index in [2.05, 4.69) is 29.4 Å². The highest BCUT2D eigenvalue weighted by Gasteiger charge is 2.37. The van der Waals surface area contributed by atoms with Gasteiger partial charge in [0.05, 0.1) is 22.8 Å². The van der Waals surface area contributed by atoms with E-state index in [0.29, 0.717) is 12.8 Å². The minimum atomic E-state index is -4.59. The molecule has 2 amide bonds. The van der Waals surface area contributed by atoms with E-state index in [1.165, 1.54) is 6.07 Å². The topological polar surface area (TPSA) is 95.6 Å². The zero-order valence-electron chi connectivity index (χ0n) is 23.3. The number of carbonyl (C=O) groups excluding carboxylic acids is 2. The Morgan fingerprint density at radius 2 is 1.75 bits per heavy atom. The van der Waals surface area contributed by atoms with Gasteiger partial charge in [-0.15, -0.1) is 0 Å². The summed E-state index contributed by atoms with van der Waals surface area (Å²) in [6.07, 6.45) is -1.90. The van der Waals surface area contributed by atoms with E-state index in [4.69, 9.17) is 0 Å². The minimum absolute atomic E-state index is 0.136. The lowest BCUT2D eigenvalue weighted by atomic mass is 9.81. The lowest BCUT2D eigenvalue weighted by Crippen LogP contribution is -2.52. The van der Waals surface area contributed by atoms with Crippen LogP contribution in [0.2, 0.25) is 0 Å². The molecule has 0 heterocycles. The van der Waals surface area contributed by atoms with E-state index in [0.717, 1.165) is 36.6 Å². The van der Waals surface area contributed by atoms with Crippen molar-refractivity contribution in [3.63, 3.8) is 0 Å². The Bertz CT molecular complexity index is 1280. The molecule has 2 aromatic carbocycles. The average Bonchev–Trinajstić information content (AvgIpc) is 2.91. The molecule has 2 aromatic rings. The van der Waals surface area contributed by atoms with E-state index in [1.54, 1.807) is 24.3 Å². The van der Waals surface area contributed by atoms with Gasteiger partial charge < -0.3 is 15.5 Å². The molecule has 7 nitrogen and oxygen atoms in total. The number of alkyl halides is 3. The molecule has 0 aliphatic heterocycles. The fraction of sp³-hybridized carbons (Fsp3) is 0.517. The third-order valence-electron chi connectivity index (χ3n) is 7.68. The van der Waals surface area contributed by atoms with Crippen LogP contribution in [-0.2, 0) is 27.2 Å². The predicted octanol–water partition coefficient (Wildman–Crippen LogP) is 4.47. The van der Waals surface area contributed by atoms with Gasteiger partial charge in [-0.3, -0.25) is 9.59 Å². The Morgan fingerprint density at radius 3 is 2.35 bits per heavy atom. The Morgan fingerprint density at radius 1 is 1.07 bits per heavy atom. The molecule has 2 N–H and O–H groups in total. The summed E-state index contributed by atoms with van der Waals surface area (Å²) in [6.45, 7) is 5.69. The van der Waals surface area contributed by atoms with E-state index >= 15 is 0 Å². The molecule has 1 aliphatic rings. The first-order valence-electron chi connectivity index (χ1n) is 13.5. The molecule has 1 aliphatic carbocycles. The number of nitrogens with one attached hydrogen (secondary N) is 2. The number of hydrogen-bond acceptors (Lipinski definition) is 5. The largest absolute Gasteiger partial charge is 0.416 e. The second kappa shape index (κ2) is 13.2. The molecular formula is C29H38F3N3O4S. The third-order valence-corrected chi connectivity index (χ3v) is 9.53. The Hall–Kier alpha value is -2.92. The molecule has 0 aromatic heterocycles. The lowest BCUT2D eigenvalue weighted by Gasteiger charge is -2.41. The first-order valence-corrected chi connectivity index (χ1v) is 15.1. The maximum atomic E-state index is 13.3. The van der Waals surface area contributed by atoms with Gasteiger partial charge >= 0.3 is 6.18 Å². The Balaban J connectivity index is 1.70. The van der Waals surface area contributed by atoms with Crippen LogP contribution in [0, 0.1) is 5.92 Å². The summed E-state index contributed by atoms with van der Waals surface area (Å²) in [7, 11) is -1.63. The van der Waals surface area contributed by atoms with E-state index in [1.807, 2.05) is 14.0 Å². The van der Waals surface area contributed by atoms with Gasteiger partial charge in [0.25, 0.3) is 5.91 Å². The molecule has 40 heavy (non-hydrogen) atoms. The fourth-order valence-electron chi connectivity index (χ4n) is 5.07. The highest BCUT2D eigenvalue weighted by Crippen LogP contribution is 2.32. The summed E-state index contributed by atoms with van der Waals surface area (Å²) in [6, 6.07) is 10.8. The van der Waals surface area contributed by atoms with Crippen LogP contribution in [0.4, 0.5) is 13.2 Å². The molecule has 0 spiro atoms. The lowest BCUT2D eigenvalue weighted by molar-refractivity contribution is -0.137. The molecule has 3 atom stereocenters. The van der Waals surface area contributed by atoms with Crippen LogP contribution in [0.3, 0.4) is 0 Å². The number of benzene rings is 2. The van der Waals surface area contributed by atoms with Crippen LogP contribution < -0.4 is 10.6 Å². The van der Waals surface area contributed by atoms with Crippen molar-refractivity contribution in [2.45, 2.75) is 75.7 Å². The molecule has 3 rings (SSSR count). The van der Waals surface area contributed by atoms with Crippen molar-refractivity contribution < 1.29 is 31.2 Å². The van der Waals surface area contributed by atoms with Crippen molar-refractivity contribution in [1.29, 1.82) is 0 Å². The monoisotopic (exact) mass is 581 g/mol.